The molecule has 0 spiro atoms. The summed E-state index contributed by atoms with van der Waals surface area (Å²) in [6.07, 6.45) is 2.80. The summed E-state index contributed by atoms with van der Waals surface area (Å²) in [5.74, 6) is 0.931. The standard InChI is InChI=1S/C14H15IN2S/c15-12-5-3-11(4-6-12)13-9-18-14(17-13)8-16-7-10-1-2-10/h3-6,9-10,16H,1-2,7-8H2. The van der Waals surface area contributed by atoms with Crippen LogP contribution >= 0.6 is 33.9 Å². The van der Waals surface area contributed by atoms with Crippen LogP contribution in [0.5, 0.6) is 0 Å². The van der Waals surface area contributed by atoms with Crippen LogP contribution in [0.2, 0.25) is 0 Å². The molecule has 0 aliphatic heterocycles. The van der Waals surface area contributed by atoms with E-state index in [2.05, 4.69) is 62.5 Å². The summed E-state index contributed by atoms with van der Waals surface area (Å²) in [5.41, 5.74) is 2.31. The van der Waals surface area contributed by atoms with E-state index in [0.717, 1.165) is 24.7 Å². The molecule has 1 heterocycles. The molecule has 2 aromatic rings. The Bertz CT molecular complexity index is 517. The maximum absolute atomic E-state index is 4.68. The zero-order valence-corrected chi connectivity index (χ0v) is 13.0. The Morgan fingerprint density at radius 3 is 2.78 bits per heavy atom. The zero-order valence-electron chi connectivity index (χ0n) is 10.0. The molecule has 0 saturated heterocycles. The van der Waals surface area contributed by atoms with Gasteiger partial charge in [0, 0.05) is 21.1 Å². The minimum atomic E-state index is 0.908. The third-order valence-electron chi connectivity index (χ3n) is 3.10. The summed E-state index contributed by atoms with van der Waals surface area (Å²) >= 11 is 4.07. The number of hydrogen-bond acceptors (Lipinski definition) is 3. The van der Waals surface area contributed by atoms with Crippen molar-refractivity contribution in [3.8, 4) is 11.3 Å². The highest BCUT2D eigenvalue weighted by molar-refractivity contribution is 14.1. The van der Waals surface area contributed by atoms with Crippen LogP contribution in [0, 0.1) is 9.49 Å². The highest BCUT2D eigenvalue weighted by Gasteiger charge is 2.20. The largest absolute Gasteiger partial charge is 0.310 e. The van der Waals surface area contributed by atoms with Gasteiger partial charge >= 0.3 is 0 Å². The van der Waals surface area contributed by atoms with Crippen LogP contribution in [0.25, 0.3) is 11.3 Å². The number of benzene rings is 1. The second-order valence-electron chi connectivity index (χ2n) is 4.71. The summed E-state index contributed by atoms with van der Waals surface area (Å²) in [6.45, 7) is 2.06. The van der Waals surface area contributed by atoms with Gasteiger partial charge in [-0.2, -0.15) is 0 Å². The monoisotopic (exact) mass is 370 g/mol. The molecular formula is C14H15IN2S. The molecule has 0 radical (unpaired) electrons. The predicted molar refractivity (Wildman–Crippen MR) is 84.7 cm³/mol. The molecule has 1 aromatic carbocycles. The van der Waals surface area contributed by atoms with Crippen LogP contribution in [-0.2, 0) is 6.54 Å². The van der Waals surface area contributed by atoms with Crippen LogP contribution in [0.3, 0.4) is 0 Å². The van der Waals surface area contributed by atoms with Gasteiger partial charge in [-0.05, 0) is 60.0 Å². The molecule has 0 bridgehead atoms. The molecule has 1 aliphatic carbocycles. The lowest BCUT2D eigenvalue weighted by Gasteiger charge is -1.99. The number of thiazole rings is 1. The Hall–Kier alpha value is -0.460. The smallest absolute Gasteiger partial charge is 0.107 e. The van der Waals surface area contributed by atoms with Crippen LogP contribution in [-0.4, -0.2) is 11.5 Å². The first-order valence-corrected chi connectivity index (χ1v) is 8.18. The van der Waals surface area contributed by atoms with E-state index in [-0.39, 0.29) is 0 Å². The van der Waals surface area contributed by atoms with Gasteiger partial charge in [0.15, 0.2) is 0 Å². The van der Waals surface area contributed by atoms with Crippen LogP contribution < -0.4 is 5.32 Å². The normalized spacial score (nSPS) is 14.9. The van der Waals surface area contributed by atoms with E-state index >= 15 is 0 Å². The Morgan fingerprint density at radius 2 is 2.06 bits per heavy atom. The Labute approximate surface area is 125 Å². The molecule has 0 unspecified atom stereocenters. The second kappa shape index (κ2) is 5.67. The van der Waals surface area contributed by atoms with Gasteiger partial charge < -0.3 is 5.32 Å². The first kappa shape index (κ1) is 12.6. The topological polar surface area (TPSA) is 24.9 Å². The number of rotatable bonds is 5. The molecule has 1 N–H and O–H groups in total. The minimum Gasteiger partial charge on any atom is -0.310 e. The van der Waals surface area contributed by atoms with Crippen molar-refractivity contribution >= 4 is 33.9 Å². The molecular weight excluding hydrogens is 355 g/mol. The minimum absolute atomic E-state index is 0.908. The van der Waals surface area contributed by atoms with E-state index in [1.807, 2.05) is 0 Å². The quantitative estimate of drug-likeness (QED) is 0.808. The number of hydrogen-bond donors (Lipinski definition) is 1. The van der Waals surface area contributed by atoms with Gasteiger partial charge in [-0.25, -0.2) is 4.98 Å². The summed E-state index contributed by atoms with van der Waals surface area (Å²) in [6, 6.07) is 8.52. The Balaban J connectivity index is 1.62. The Kier molecular flexibility index (Phi) is 3.96. The van der Waals surface area contributed by atoms with Crippen molar-refractivity contribution in [2.24, 2.45) is 5.92 Å². The molecule has 2 nitrogen and oxygen atoms in total. The number of halogens is 1. The van der Waals surface area contributed by atoms with Gasteiger partial charge in [-0.15, -0.1) is 11.3 Å². The van der Waals surface area contributed by atoms with Gasteiger partial charge in [0.25, 0.3) is 0 Å². The maximum Gasteiger partial charge on any atom is 0.107 e. The first-order chi connectivity index (χ1) is 8.81. The maximum atomic E-state index is 4.68. The number of aromatic nitrogens is 1. The predicted octanol–water partition coefficient (Wildman–Crippen LogP) is 3.91. The third kappa shape index (κ3) is 3.30. The average molecular weight is 370 g/mol. The van der Waals surface area contributed by atoms with Crippen molar-refractivity contribution in [1.29, 1.82) is 0 Å². The lowest BCUT2D eigenvalue weighted by Crippen LogP contribution is -2.15. The van der Waals surface area contributed by atoms with E-state index in [0.29, 0.717) is 0 Å². The van der Waals surface area contributed by atoms with E-state index in [4.69, 9.17) is 0 Å². The van der Waals surface area contributed by atoms with Gasteiger partial charge in [0.05, 0.1) is 5.69 Å². The third-order valence-corrected chi connectivity index (χ3v) is 4.67. The van der Waals surface area contributed by atoms with E-state index in [9.17, 15) is 0 Å². The molecule has 0 atom stereocenters. The fourth-order valence-electron chi connectivity index (χ4n) is 1.85. The SMILES string of the molecule is Ic1ccc(-c2csc(CNCC3CC3)n2)cc1. The molecule has 1 fully saturated rings. The highest BCUT2D eigenvalue weighted by atomic mass is 127. The van der Waals surface area contributed by atoms with Crippen molar-refractivity contribution in [2.45, 2.75) is 19.4 Å². The molecule has 1 aliphatic rings. The fourth-order valence-corrected chi connectivity index (χ4v) is 2.98. The summed E-state index contributed by atoms with van der Waals surface area (Å²) in [7, 11) is 0. The molecule has 1 aromatic heterocycles. The lowest BCUT2D eigenvalue weighted by molar-refractivity contribution is 0.637. The molecule has 0 amide bonds. The first-order valence-electron chi connectivity index (χ1n) is 6.22. The van der Waals surface area contributed by atoms with Crippen molar-refractivity contribution in [3.05, 3.63) is 38.2 Å². The Morgan fingerprint density at radius 1 is 1.28 bits per heavy atom. The summed E-state index contributed by atoms with van der Waals surface area (Å²) < 4.78 is 1.26. The van der Waals surface area contributed by atoms with Crippen molar-refractivity contribution < 1.29 is 0 Å². The van der Waals surface area contributed by atoms with Crippen LogP contribution in [0.15, 0.2) is 29.6 Å². The van der Waals surface area contributed by atoms with E-state index in [1.54, 1.807) is 11.3 Å². The fraction of sp³-hybridized carbons (Fsp3) is 0.357. The van der Waals surface area contributed by atoms with Crippen molar-refractivity contribution in [3.63, 3.8) is 0 Å². The van der Waals surface area contributed by atoms with Gasteiger partial charge in [0.2, 0.25) is 0 Å². The summed E-state index contributed by atoms with van der Waals surface area (Å²) in [4.78, 5) is 4.68. The van der Waals surface area contributed by atoms with E-state index in [1.165, 1.54) is 27.0 Å². The zero-order chi connectivity index (χ0) is 12.4. The number of nitrogens with zero attached hydrogens (tertiary/aromatic N) is 1. The molecule has 3 rings (SSSR count). The highest BCUT2D eigenvalue weighted by Crippen LogP contribution is 2.28. The van der Waals surface area contributed by atoms with Crippen LogP contribution in [0.1, 0.15) is 17.8 Å². The van der Waals surface area contributed by atoms with Crippen LogP contribution in [0.4, 0.5) is 0 Å². The summed E-state index contributed by atoms with van der Waals surface area (Å²) in [5, 5.41) is 6.82. The average Bonchev–Trinajstić information content (AvgIpc) is 3.08. The molecule has 1 saturated carbocycles. The molecule has 4 heteroatoms. The number of nitrogens with one attached hydrogen (secondary N) is 1. The lowest BCUT2D eigenvalue weighted by atomic mass is 10.2. The van der Waals surface area contributed by atoms with Crippen molar-refractivity contribution in [1.82, 2.24) is 10.3 Å². The van der Waals surface area contributed by atoms with Gasteiger partial charge in [-0.3, -0.25) is 0 Å². The second-order valence-corrected chi connectivity index (χ2v) is 6.90. The molecule has 94 valence electrons. The van der Waals surface area contributed by atoms with Crippen molar-refractivity contribution in [2.75, 3.05) is 6.54 Å². The van der Waals surface area contributed by atoms with Gasteiger partial charge in [-0.1, -0.05) is 12.1 Å². The molecule has 18 heavy (non-hydrogen) atoms. The van der Waals surface area contributed by atoms with Gasteiger partial charge in [0.1, 0.15) is 5.01 Å². The van der Waals surface area contributed by atoms with E-state index < -0.39 is 0 Å².